The van der Waals surface area contributed by atoms with E-state index < -0.39 is 0 Å². The molecule has 0 amide bonds. The minimum Gasteiger partial charge on any atom is -0.251 e. The first-order valence-electron chi connectivity index (χ1n) is 3.99. The van der Waals surface area contributed by atoms with Gasteiger partial charge in [0.15, 0.2) is 0 Å². The molecule has 0 aliphatic rings. The predicted molar refractivity (Wildman–Crippen MR) is 57.5 cm³/mol. The summed E-state index contributed by atoms with van der Waals surface area (Å²) in [4.78, 5) is 8.08. The standard InChI is InChI=1S/C10H6Cl2N2/c11-8-3-1-2-7(4-8)9-5-14-10(12)6-13-9/h1-6H. The first-order chi connectivity index (χ1) is 6.75. The Kier molecular flexibility index (Phi) is 2.66. The molecule has 14 heavy (non-hydrogen) atoms. The molecule has 0 N–H and O–H groups in total. The van der Waals surface area contributed by atoms with Gasteiger partial charge in [0.05, 0.1) is 18.1 Å². The van der Waals surface area contributed by atoms with Gasteiger partial charge in [-0.1, -0.05) is 35.3 Å². The molecule has 1 aromatic carbocycles. The Morgan fingerprint density at radius 2 is 1.86 bits per heavy atom. The lowest BCUT2D eigenvalue weighted by Crippen LogP contribution is -1.85. The highest BCUT2D eigenvalue weighted by atomic mass is 35.5. The average molecular weight is 225 g/mol. The van der Waals surface area contributed by atoms with E-state index in [9.17, 15) is 0 Å². The molecule has 1 heterocycles. The topological polar surface area (TPSA) is 25.8 Å². The Labute approximate surface area is 91.5 Å². The molecule has 1 aromatic heterocycles. The van der Waals surface area contributed by atoms with Crippen LogP contribution in [0.3, 0.4) is 0 Å². The van der Waals surface area contributed by atoms with E-state index in [1.54, 1.807) is 6.20 Å². The van der Waals surface area contributed by atoms with Crippen molar-refractivity contribution in [2.45, 2.75) is 0 Å². The smallest absolute Gasteiger partial charge is 0.147 e. The van der Waals surface area contributed by atoms with E-state index in [1.165, 1.54) is 6.20 Å². The third kappa shape index (κ3) is 2.03. The summed E-state index contributed by atoms with van der Waals surface area (Å²) in [5.41, 5.74) is 1.69. The molecule has 0 unspecified atom stereocenters. The summed E-state index contributed by atoms with van der Waals surface area (Å²) in [6.07, 6.45) is 3.13. The number of benzene rings is 1. The van der Waals surface area contributed by atoms with Crippen molar-refractivity contribution in [3.8, 4) is 11.3 Å². The summed E-state index contributed by atoms with van der Waals surface area (Å²) in [5.74, 6) is 0. The summed E-state index contributed by atoms with van der Waals surface area (Å²) in [5, 5.41) is 1.06. The van der Waals surface area contributed by atoms with Crippen LogP contribution in [-0.4, -0.2) is 9.97 Å². The second-order valence-electron chi connectivity index (χ2n) is 2.73. The van der Waals surface area contributed by atoms with Crippen LogP contribution in [0.4, 0.5) is 0 Å². The van der Waals surface area contributed by atoms with E-state index in [2.05, 4.69) is 9.97 Å². The number of hydrogen-bond acceptors (Lipinski definition) is 2. The number of hydrogen-bond donors (Lipinski definition) is 0. The van der Waals surface area contributed by atoms with Gasteiger partial charge in [0.2, 0.25) is 0 Å². The second kappa shape index (κ2) is 3.95. The Morgan fingerprint density at radius 1 is 1.00 bits per heavy atom. The zero-order chi connectivity index (χ0) is 9.97. The lowest BCUT2D eigenvalue weighted by Gasteiger charge is -1.99. The molecular formula is C10H6Cl2N2. The molecule has 2 aromatic rings. The third-order valence-corrected chi connectivity index (χ3v) is 2.17. The summed E-state index contributed by atoms with van der Waals surface area (Å²) >= 11 is 11.5. The maximum atomic E-state index is 5.85. The van der Waals surface area contributed by atoms with Crippen LogP contribution in [0.25, 0.3) is 11.3 Å². The van der Waals surface area contributed by atoms with Crippen molar-refractivity contribution in [3.63, 3.8) is 0 Å². The van der Waals surface area contributed by atoms with Crippen molar-refractivity contribution in [2.75, 3.05) is 0 Å². The highest BCUT2D eigenvalue weighted by molar-refractivity contribution is 6.30. The van der Waals surface area contributed by atoms with Crippen molar-refractivity contribution >= 4 is 23.2 Å². The number of aromatic nitrogens is 2. The molecule has 0 fully saturated rings. The minimum absolute atomic E-state index is 0.385. The van der Waals surface area contributed by atoms with Crippen molar-refractivity contribution in [1.29, 1.82) is 0 Å². The average Bonchev–Trinajstić information content (AvgIpc) is 2.19. The molecule has 0 spiro atoms. The quantitative estimate of drug-likeness (QED) is 0.742. The summed E-state index contributed by atoms with van der Waals surface area (Å²) < 4.78 is 0. The number of halogens is 2. The zero-order valence-electron chi connectivity index (χ0n) is 7.11. The largest absolute Gasteiger partial charge is 0.251 e. The third-order valence-electron chi connectivity index (χ3n) is 1.74. The van der Waals surface area contributed by atoms with Gasteiger partial charge in [0.1, 0.15) is 5.15 Å². The normalized spacial score (nSPS) is 10.1. The SMILES string of the molecule is Clc1cccc(-c2cnc(Cl)cn2)c1. The van der Waals surface area contributed by atoms with Crippen molar-refractivity contribution in [1.82, 2.24) is 9.97 Å². The zero-order valence-corrected chi connectivity index (χ0v) is 8.63. The number of rotatable bonds is 1. The molecular weight excluding hydrogens is 219 g/mol. The molecule has 0 saturated heterocycles. The maximum Gasteiger partial charge on any atom is 0.147 e. The fourth-order valence-electron chi connectivity index (χ4n) is 1.11. The molecule has 4 heteroatoms. The predicted octanol–water partition coefficient (Wildman–Crippen LogP) is 3.45. The Hall–Kier alpha value is -1.12. The molecule has 2 rings (SSSR count). The molecule has 0 aliphatic heterocycles. The lowest BCUT2D eigenvalue weighted by atomic mass is 10.2. The second-order valence-corrected chi connectivity index (χ2v) is 3.56. The summed E-state index contributed by atoms with van der Waals surface area (Å²) in [6, 6.07) is 7.44. The molecule has 0 aliphatic carbocycles. The van der Waals surface area contributed by atoms with Gasteiger partial charge >= 0.3 is 0 Å². The van der Waals surface area contributed by atoms with Gasteiger partial charge in [0.25, 0.3) is 0 Å². The van der Waals surface area contributed by atoms with Crippen LogP contribution < -0.4 is 0 Å². The van der Waals surface area contributed by atoms with Gasteiger partial charge in [-0.15, -0.1) is 0 Å². The van der Waals surface area contributed by atoms with Gasteiger partial charge in [-0.05, 0) is 12.1 Å². The van der Waals surface area contributed by atoms with Crippen LogP contribution in [0.2, 0.25) is 10.2 Å². The monoisotopic (exact) mass is 224 g/mol. The van der Waals surface area contributed by atoms with Gasteiger partial charge in [-0.25, -0.2) is 4.98 Å². The maximum absolute atomic E-state index is 5.85. The van der Waals surface area contributed by atoms with Crippen LogP contribution >= 0.6 is 23.2 Å². The highest BCUT2D eigenvalue weighted by Crippen LogP contribution is 2.20. The molecule has 0 radical (unpaired) electrons. The molecule has 70 valence electrons. The van der Waals surface area contributed by atoms with Crippen LogP contribution in [0.1, 0.15) is 0 Å². The summed E-state index contributed by atoms with van der Waals surface area (Å²) in [7, 11) is 0. The van der Waals surface area contributed by atoms with Gasteiger partial charge in [-0.2, -0.15) is 0 Å². The van der Waals surface area contributed by atoms with Crippen LogP contribution in [0, 0.1) is 0 Å². The summed E-state index contributed by atoms with van der Waals surface area (Å²) in [6.45, 7) is 0. The van der Waals surface area contributed by atoms with Crippen molar-refractivity contribution < 1.29 is 0 Å². The van der Waals surface area contributed by atoms with Gasteiger partial charge in [-0.3, -0.25) is 4.98 Å². The first kappa shape index (κ1) is 9.44. The van der Waals surface area contributed by atoms with Crippen molar-refractivity contribution in [3.05, 3.63) is 46.8 Å². The van der Waals surface area contributed by atoms with E-state index >= 15 is 0 Å². The lowest BCUT2D eigenvalue weighted by molar-refractivity contribution is 1.21. The minimum atomic E-state index is 0.385. The van der Waals surface area contributed by atoms with E-state index in [4.69, 9.17) is 23.2 Å². The Balaban J connectivity index is 2.44. The van der Waals surface area contributed by atoms with E-state index in [1.807, 2.05) is 24.3 Å². The fraction of sp³-hybridized carbons (Fsp3) is 0. The first-order valence-corrected chi connectivity index (χ1v) is 4.75. The van der Waals surface area contributed by atoms with Gasteiger partial charge in [0, 0.05) is 10.6 Å². The number of nitrogens with zero attached hydrogens (tertiary/aromatic N) is 2. The molecule has 0 bridgehead atoms. The molecule has 2 nitrogen and oxygen atoms in total. The van der Waals surface area contributed by atoms with Crippen LogP contribution in [0.15, 0.2) is 36.7 Å². The Morgan fingerprint density at radius 3 is 2.50 bits per heavy atom. The van der Waals surface area contributed by atoms with Gasteiger partial charge < -0.3 is 0 Å². The van der Waals surface area contributed by atoms with Crippen molar-refractivity contribution in [2.24, 2.45) is 0 Å². The van der Waals surface area contributed by atoms with E-state index in [0.717, 1.165) is 11.3 Å². The fourth-order valence-corrected chi connectivity index (χ4v) is 1.40. The molecule has 0 saturated carbocycles. The van der Waals surface area contributed by atoms with E-state index in [0.29, 0.717) is 10.2 Å². The van der Waals surface area contributed by atoms with Crippen LogP contribution in [-0.2, 0) is 0 Å². The van der Waals surface area contributed by atoms with Crippen LogP contribution in [0.5, 0.6) is 0 Å². The van der Waals surface area contributed by atoms with E-state index in [-0.39, 0.29) is 0 Å². The highest BCUT2D eigenvalue weighted by Gasteiger charge is 1.99. The molecule has 0 atom stereocenters. The Bertz CT molecular complexity index is 440.